The van der Waals surface area contributed by atoms with Gasteiger partial charge < -0.3 is 10.5 Å². The van der Waals surface area contributed by atoms with Crippen molar-refractivity contribution < 1.29 is 13.5 Å². The average Bonchev–Trinajstić information content (AvgIpc) is 2.32. The smallest absolute Gasteiger partial charge is 0.130 e. The van der Waals surface area contributed by atoms with E-state index >= 15 is 0 Å². The van der Waals surface area contributed by atoms with Crippen molar-refractivity contribution in [1.82, 2.24) is 0 Å². The molecule has 100 valence electrons. The molecule has 19 heavy (non-hydrogen) atoms. The molecule has 0 aliphatic heterocycles. The molecule has 1 atom stereocenters. The molecule has 0 radical (unpaired) electrons. The third-order valence-corrected chi connectivity index (χ3v) is 2.59. The maximum absolute atomic E-state index is 13.2. The first-order valence-corrected chi connectivity index (χ1v) is 6.02. The highest BCUT2D eigenvalue weighted by Crippen LogP contribution is 2.27. The van der Waals surface area contributed by atoms with Crippen molar-refractivity contribution in [3.05, 3.63) is 59.7 Å². The molecule has 2 nitrogen and oxygen atoms in total. The minimum absolute atomic E-state index is 0.114. The van der Waals surface area contributed by atoms with Crippen LogP contribution in [-0.4, -0.2) is 6.04 Å². The van der Waals surface area contributed by atoms with Crippen LogP contribution in [0.2, 0.25) is 0 Å². The highest BCUT2D eigenvalue weighted by atomic mass is 19.1. The molecule has 0 fully saturated rings. The first-order valence-electron chi connectivity index (χ1n) is 6.02. The third-order valence-electron chi connectivity index (χ3n) is 2.59. The lowest BCUT2D eigenvalue weighted by atomic mass is 10.1. The summed E-state index contributed by atoms with van der Waals surface area (Å²) in [7, 11) is 0. The van der Waals surface area contributed by atoms with Gasteiger partial charge in [-0.25, -0.2) is 8.78 Å². The fourth-order valence-electron chi connectivity index (χ4n) is 1.81. The molecule has 0 saturated heterocycles. The van der Waals surface area contributed by atoms with Gasteiger partial charge in [0.05, 0.1) is 0 Å². The van der Waals surface area contributed by atoms with E-state index in [9.17, 15) is 8.78 Å². The zero-order valence-electron chi connectivity index (χ0n) is 10.6. The lowest BCUT2D eigenvalue weighted by Gasteiger charge is -2.13. The summed E-state index contributed by atoms with van der Waals surface area (Å²) in [4.78, 5) is 0. The van der Waals surface area contributed by atoms with Crippen LogP contribution >= 0.6 is 0 Å². The molecular formula is C15H15F2NO. The van der Waals surface area contributed by atoms with Gasteiger partial charge in [-0.3, -0.25) is 0 Å². The van der Waals surface area contributed by atoms with Crippen LogP contribution in [0.1, 0.15) is 12.5 Å². The maximum Gasteiger partial charge on any atom is 0.130 e. The van der Waals surface area contributed by atoms with Gasteiger partial charge in [0.15, 0.2) is 0 Å². The summed E-state index contributed by atoms with van der Waals surface area (Å²) in [5.41, 5.74) is 6.39. The predicted octanol–water partition coefficient (Wildman–Crippen LogP) is 3.65. The highest BCUT2D eigenvalue weighted by Gasteiger charge is 2.09. The van der Waals surface area contributed by atoms with E-state index in [4.69, 9.17) is 10.5 Å². The Morgan fingerprint density at radius 1 is 1.11 bits per heavy atom. The Hall–Kier alpha value is -1.94. The Morgan fingerprint density at radius 2 is 1.84 bits per heavy atom. The largest absolute Gasteiger partial charge is 0.457 e. The van der Waals surface area contributed by atoms with Crippen molar-refractivity contribution in [3.63, 3.8) is 0 Å². The van der Waals surface area contributed by atoms with Crippen LogP contribution in [0.5, 0.6) is 11.5 Å². The topological polar surface area (TPSA) is 35.2 Å². The van der Waals surface area contributed by atoms with Crippen molar-refractivity contribution in [3.8, 4) is 11.5 Å². The Labute approximate surface area is 110 Å². The predicted molar refractivity (Wildman–Crippen MR) is 70.2 cm³/mol. The van der Waals surface area contributed by atoms with Crippen LogP contribution in [-0.2, 0) is 6.42 Å². The second-order valence-electron chi connectivity index (χ2n) is 4.49. The van der Waals surface area contributed by atoms with Gasteiger partial charge in [-0.1, -0.05) is 6.07 Å². The molecule has 0 saturated carbocycles. The summed E-state index contributed by atoms with van der Waals surface area (Å²) in [6.07, 6.45) is 0.489. The van der Waals surface area contributed by atoms with E-state index in [-0.39, 0.29) is 17.7 Å². The van der Waals surface area contributed by atoms with Crippen LogP contribution in [0.4, 0.5) is 8.78 Å². The quantitative estimate of drug-likeness (QED) is 0.913. The molecule has 2 N–H and O–H groups in total. The molecule has 0 spiro atoms. The maximum atomic E-state index is 13.2. The molecule has 0 amide bonds. The van der Waals surface area contributed by atoms with Gasteiger partial charge in [0.2, 0.25) is 0 Å². The zero-order chi connectivity index (χ0) is 13.8. The van der Waals surface area contributed by atoms with Crippen LogP contribution < -0.4 is 10.5 Å². The molecule has 0 aromatic heterocycles. The van der Waals surface area contributed by atoms with Crippen LogP contribution in [0.25, 0.3) is 0 Å². The molecule has 0 heterocycles. The van der Waals surface area contributed by atoms with Gasteiger partial charge in [-0.05, 0) is 49.2 Å². The van der Waals surface area contributed by atoms with Crippen LogP contribution in [0.3, 0.4) is 0 Å². The fourth-order valence-corrected chi connectivity index (χ4v) is 1.81. The lowest BCUT2D eigenvalue weighted by Crippen LogP contribution is -2.18. The minimum atomic E-state index is -0.381. The second-order valence-corrected chi connectivity index (χ2v) is 4.49. The number of rotatable bonds is 4. The summed E-state index contributed by atoms with van der Waals surface area (Å²) < 4.78 is 31.9. The SMILES string of the molecule is CC(N)Cc1cc(F)ccc1Oc1cccc(F)c1. The van der Waals surface area contributed by atoms with E-state index in [1.165, 1.54) is 30.3 Å². The van der Waals surface area contributed by atoms with E-state index in [1.54, 1.807) is 12.1 Å². The highest BCUT2D eigenvalue weighted by molar-refractivity contribution is 5.38. The van der Waals surface area contributed by atoms with Crippen molar-refractivity contribution in [1.29, 1.82) is 0 Å². The molecule has 2 rings (SSSR count). The molecule has 1 unspecified atom stereocenters. The standard InChI is InChI=1S/C15H15F2NO/c1-10(18)7-11-8-13(17)5-6-15(11)19-14-4-2-3-12(16)9-14/h2-6,8-10H,7,18H2,1H3. The van der Waals surface area contributed by atoms with E-state index < -0.39 is 0 Å². The average molecular weight is 263 g/mol. The Morgan fingerprint density at radius 3 is 2.53 bits per heavy atom. The Kier molecular flexibility index (Phi) is 4.12. The summed E-state index contributed by atoms with van der Waals surface area (Å²) >= 11 is 0. The summed E-state index contributed by atoms with van der Waals surface area (Å²) in [6, 6.07) is 9.91. The van der Waals surface area contributed by atoms with Gasteiger partial charge >= 0.3 is 0 Å². The number of halogens is 2. The molecule has 4 heteroatoms. The lowest BCUT2D eigenvalue weighted by molar-refractivity contribution is 0.466. The minimum Gasteiger partial charge on any atom is -0.457 e. The van der Waals surface area contributed by atoms with E-state index in [0.29, 0.717) is 23.5 Å². The van der Waals surface area contributed by atoms with E-state index in [0.717, 1.165) is 0 Å². The van der Waals surface area contributed by atoms with Gasteiger partial charge in [0.1, 0.15) is 23.1 Å². The van der Waals surface area contributed by atoms with E-state index in [2.05, 4.69) is 0 Å². The zero-order valence-corrected chi connectivity index (χ0v) is 10.6. The molecule has 0 aliphatic carbocycles. The molecule has 0 aliphatic rings. The van der Waals surface area contributed by atoms with Crippen LogP contribution in [0.15, 0.2) is 42.5 Å². The molecule has 2 aromatic carbocycles. The van der Waals surface area contributed by atoms with Crippen molar-refractivity contribution in [2.75, 3.05) is 0 Å². The molecule has 0 bridgehead atoms. The van der Waals surface area contributed by atoms with Crippen molar-refractivity contribution >= 4 is 0 Å². The van der Waals surface area contributed by atoms with Gasteiger partial charge in [0, 0.05) is 12.1 Å². The van der Waals surface area contributed by atoms with Crippen LogP contribution in [0, 0.1) is 11.6 Å². The number of benzene rings is 2. The monoisotopic (exact) mass is 263 g/mol. The summed E-state index contributed by atoms with van der Waals surface area (Å²) in [5.74, 6) is 0.137. The number of ether oxygens (including phenoxy) is 1. The number of nitrogens with two attached hydrogens (primary N) is 1. The molecular weight excluding hydrogens is 248 g/mol. The van der Waals surface area contributed by atoms with Gasteiger partial charge in [0.25, 0.3) is 0 Å². The van der Waals surface area contributed by atoms with Gasteiger partial charge in [-0.15, -0.1) is 0 Å². The normalized spacial score (nSPS) is 12.2. The fraction of sp³-hybridized carbons (Fsp3) is 0.200. The number of hydrogen-bond donors (Lipinski definition) is 1. The van der Waals surface area contributed by atoms with Gasteiger partial charge in [-0.2, -0.15) is 0 Å². The first-order chi connectivity index (χ1) is 9.04. The molecule has 2 aromatic rings. The third kappa shape index (κ3) is 3.76. The summed E-state index contributed by atoms with van der Waals surface area (Å²) in [6.45, 7) is 1.83. The Bertz CT molecular complexity index is 570. The Balaban J connectivity index is 2.28. The van der Waals surface area contributed by atoms with Crippen molar-refractivity contribution in [2.45, 2.75) is 19.4 Å². The number of hydrogen-bond acceptors (Lipinski definition) is 2. The second kappa shape index (κ2) is 5.80. The van der Waals surface area contributed by atoms with E-state index in [1.807, 2.05) is 6.92 Å². The summed E-state index contributed by atoms with van der Waals surface area (Å²) in [5, 5.41) is 0. The first kappa shape index (κ1) is 13.5. The van der Waals surface area contributed by atoms with Crippen molar-refractivity contribution in [2.24, 2.45) is 5.73 Å².